The van der Waals surface area contributed by atoms with Crippen molar-refractivity contribution in [3.8, 4) is 0 Å². The Bertz CT molecular complexity index is 226. The summed E-state index contributed by atoms with van der Waals surface area (Å²) in [4.78, 5) is 11.5. The molecule has 1 aliphatic rings. The number of ether oxygens (including phenoxy) is 1. The molecule has 1 amide bonds. The molecule has 0 aromatic rings. The van der Waals surface area contributed by atoms with Gasteiger partial charge in [0, 0.05) is 19.7 Å². The van der Waals surface area contributed by atoms with Gasteiger partial charge in [-0.2, -0.15) is 0 Å². The summed E-state index contributed by atoms with van der Waals surface area (Å²) in [5.74, 6) is 0.798. The third-order valence-corrected chi connectivity index (χ3v) is 3.82. The molecule has 4 nitrogen and oxygen atoms in total. The number of nitrogens with one attached hydrogen (secondary N) is 2. The standard InChI is InChI=1S/C14H28N2O2/c1-12(13-7-5-3-4-6-8-13)16-11-14(17)15-9-10-18-2/h12-13,16H,3-11H2,1-2H3,(H,15,17)/t12-/m1/s1. The van der Waals surface area contributed by atoms with E-state index in [9.17, 15) is 4.79 Å². The summed E-state index contributed by atoms with van der Waals surface area (Å²) in [5, 5.41) is 6.18. The van der Waals surface area contributed by atoms with Crippen LogP contribution < -0.4 is 10.6 Å². The summed E-state index contributed by atoms with van der Waals surface area (Å²) in [6, 6.07) is 0.441. The molecule has 0 aliphatic heterocycles. The van der Waals surface area contributed by atoms with Gasteiger partial charge in [-0.15, -0.1) is 0 Å². The summed E-state index contributed by atoms with van der Waals surface area (Å²) >= 11 is 0. The second kappa shape index (κ2) is 9.34. The van der Waals surface area contributed by atoms with Gasteiger partial charge in [-0.3, -0.25) is 4.79 Å². The summed E-state index contributed by atoms with van der Waals surface area (Å²) in [6.07, 6.45) is 8.05. The first kappa shape index (κ1) is 15.4. The Hall–Kier alpha value is -0.610. The van der Waals surface area contributed by atoms with Crippen LogP contribution in [-0.2, 0) is 9.53 Å². The van der Waals surface area contributed by atoms with Crippen LogP contribution in [0.4, 0.5) is 0 Å². The van der Waals surface area contributed by atoms with Gasteiger partial charge in [0.05, 0.1) is 13.2 Å². The molecule has 1 saturated carbocycles. The number of rotatable bonds is 7. The lowest BCUT2D eigenvalue weighted by atomic mass is 9.93. The van der Waals surface area contributed by atoms with Crippen LogP contribution in [0.3, 0.4) is 0 Å². The first-order chi connectivity index (χ1) is 8.74. The Morgan fingerprint density at radius 3 is 2.56 bits per heavy atom. The molecular formula is C14H28N2O2. The van der Waals surface area contributed by atoms with Crippen LogP contribution in [0.15, 0.2) is 0 Å². The summed E-state index contributed by atoms with van der Waals surface area (Å²) in [5.41, 5.74) is 0. The predicted octanol–water partition coefficient (Wildman–Crippen LogP) is 1.70. The number of hydrogen-bond donors (Lipinski definition) is 2. The molecule has 106 valence electrons. The lowest BCUT2D eigenvalue weighted by Crippen LogP contribution is -2.41. The third kappa shape index (κ3) is 6.36. The largest absolute Gasteiger partial charge is 0.383 e. The van der Waals surface area contributed by atoms with E-state index in [4.69, 9.17) is 4.74 Å². The average Bonchev–Trinajstić information content (AvgIpc) is 2.65. The van der Waals surface area contributed by atoms with E-state index >= 15 is 0 Å². The first-order valence-corrected chi connectivity index (χ1v) is 7.23. The minimum absolute atomic E-state index is 0.0625. The van der Waals surface area contributed by atoms with Crippen molar-refractivity contribution in [3.63, 3.8) is 0 Å². The van der Waals surface area contributed by atoms with Crippen molar-refractivity contribution >= 4 is 5.91 Å². The van der Waals surface area contributed by atoms with Gasteiger partial charge < -0.3 is 15.4 Å². The highest BCUT2D eigenvalue weighted by molar-refractivity contribution is 5.77. The van der Waals surface area contributed by atoms with Gasteiger partial charge in [0.1, 0.15) is 0 Å². The topological polar surface area (TPSA) is 50.4 Å². The number of amides is 1. The van der Waals surface area contributed by atoms with Crippen LogP contribution in [-0.4, -0.2) is 38.8 Å². The van der Waals surface area contributed by atoms with Crippen LogP contribution in [0.25, 0.3) is 0 Å². The number of carbonyl (C=O) groups is 1. The first-order valence-electron chi connectivity index (χ1n) is 7.23. The fourth-order valence-corrected chi connectivity index (χ4v) is 2.59. The van der Waals surface area contributed by atoms with E-state index < -0.39 is 0 Å². The zero-order chi connectivity index (χ0) is 13.2. The van der Waals surface area contributed by atoms with Gasteiger partial charge >= 0.3 is 0 Å². The molecule has 0 spiro atoms. The Balaban J connectivity index is 2.14. The van der Waals surface area contributed by atoms with Crippen molar-refractivity contribution in [2.24, 2.45) is 5.92 Å². The zero-order valence-electron chi connectivity index (χ0n) is 11.8. The molecule has 0 radical (unpaired) electrons. The highest BCUT2D eigenvalue weighted by Gasteiger charge is 2.19. The van der Waals surface area contributed by atoms with Crippen molar-refractivity contribution in [1.82, 2.24) is 10.6 Å². The summed E-state index contributed by atoms with van der Waals surface area (Å²) in [6.45, 7) is 3.79. The van der Waals surface area contributed by atoms with E-state index in [1.54, 1.807) is 7.11 Å². The number of methoxy groups -OCH3 is 1. The minimum atomic E-state index is 0.0625. The van der Waals surface area contributed by atoms with Crippen LogP contribution >= 0.6 is 0 Å². The van der Waals surface area contributed by atoms with Gasteiger partial charge in [-0.25, -0.2) is 0 Å². The van der Waals surface area contributed by atoms with Gasteiger partial charge in [-0.05, 0) is 25.7 Å². The Morgan fingerprint density at radius 1 is 1.28 bits per heavy atom. The van der Waals surface area contributed by atoms with E-state index in [-0.39, 0.29) is 5.91 Å². The second-order valence-electron chi connectivity index (χ2n) is 5.26. The molecule has 0 bridgehead atoms. The number of hydrogen-bond acceptors (Lipinski definition) is 3. The Labute approximate surface area is 111 Å². The van der Waals surface area contributed by atoms with Crippen LogP contribution in [0.1, 0.15) is 45.4 Å². The molecule has 1 aliphatic carbocycles. The number of carbonyl (C=O) groups excluding carboxylic acids is 1. The van der Waals surface area contributed by atoms with Crippen molar-refractivity contribution in [3.05, 3.63) is 0 Å². The van der Waals surface area contributed by atoms with E-state index in [0.717, 1.165) is 5.92 Å². The van der Waals surface area contributed by atoms with Gasteiger partial charge in [-0.1, -0.05) is 25.7 Å². The Kier molecular flexibility index (Phi) is 8.01. The quantitative estimate of drug-likeness (QED) is 0.538. The molecule has 0 aromatic heterocycles. The highest BCUT2D eigenvalue weighted by atomic mass is 16.5. The highest BCUT2D eigenvalue weighted by Crippen LogP contribution is 2.25. The van der Waals surface area contributed by atoms with Crippen LogP contribution in [0, 0.1) is 5.92 Å². The van der Waals surface area contributed by atoms with Crippen LogP contribution in [0.2, 0.25) is 0 Å². The van der Waals surface area contributed by atoms with Gasteiger partial charge in [0.2, 0.25) is 5.91 Å². The lowest BCUT2D eigenvalue weighted by Gasteiger charge is -2.23. The fourth-order valence-electron chi connectivity index (χ4n) is 2.59. The molecule has 1 fully saturated rings. The Morgan fingerprint density at radius 2 is 1.94 bits per heavy atom. The lowest BCUT2D eigenvalue weighted by molar-refractivity contribution is -0.120. The van der Waals surface area contributed by atoms with Crippen molar-refractivity contribution < 1.29 is 9.53 Å². The molecular weight excluding hydrogens is 228 g/mol. The van der Waals surface area contributed by atoms with Crippen molar-refractivity contribution in [2.45, 2.75) is 51.5 Å². The van der Waals surface area contributed by atoms with Gasteiger partial charge in [0.25, 0.3) is 0 Å². The third-order valence-electron chi connectivity index (χ3n) is 3.82. The van der Waals surface area contributed by atoms with Crippen LogP contribution in [0.5, 0.6) is 0 Å². The van der Waals surface area contributed by atoms with E-state index in [2.05, 4.69) is 17.6 Å². The van der Waals surface area contributed by atoms with Crippen molar-refractivity contribution in [1.29, 1.82) is 0 Å². The SMILES string of the molecule is COCCNC(=O)CN[C@H](C)C1CCCCCC1. The molecule has 1 atom stereocenters. The maximum Gasteiger partial charge on any atom is 0.234 e. The predicted molar refractivity (Wildman–Crippen MR) is 73.5 cm³/mol. The maximum absolute atomic E-state index is 11.5. The molecule has 18 heavy (non-hydrogen) atoms. The van der Waals surface area contributed by atoms with E-state index in [0.29, 0.717) is 25.7 Å². The molecule has 0 unspecified atom stereocenters. The second-order valence-corrected chi connectivity index (χ2v) is 5.26. The zero-order valence-corrected chi connectivity index (χ0v) is 11.8. The monoisotopic (exact) mass is 256 g/mol. The van der Waals surface area contributed by atoms with E-state index in [1.807, 2.05) is 0 Å². The van der Waals surface area contributed by atoms with E-state index in [1.165, 1.54) is 38.5 Å². The molecule has 0 saturated heterocycles. The summed E-state index contributed by atoms with van der Waals surface area (Å²) < 4.78 is 4.89. The summed E-state index contributed by atoms with van der Waals surface area (Å²) in [7, 11) is 1.64. The molecule has 2 N–H and O–H groups in total. The smallest absolute Gasteiger partial charge is 0.234 e. The normalized spacial score (nSPS) is 19.2. The molecule has 4 heteroatoms. The average molecular weight is 256 g/mol. The maximum atomic E-state index is 11.5. The molecule has 1 rings (SSSR count). The fraction of sp³-hybridized carbons (Fsp3) is 0.929. The molecule has 0 heterocycles. The molecule has 0 aromatic carbocycles. The van der Waals surface area contributed by atoms with Crippen molar-refractivity contribution in [2.75, 3.05) is 26.8 Å². The van der Waals surface area contributed by atoms with Gasteiger partial charge in [0.15, 0.2) is 0 Å². The minimum Gasteiger partial charge on any atom is -0.383 e.